The van der Waals surface area contributed by atoms with Crippen molar-refractivity contribution in [2.24, 2.45) is 5.92 Å². The fraction of sp³-hybridized carbons (Fsp3) is 0.900. The van der Waals surface area contributed by atoms with Crippen LogP contribution >= 0.6 is 11.8 Å². The summed E-state index contributed by atoms with van der Waals surface area (Å²) in [5.74, 6) is 0.199. The number of ether oxygens (including phenoxy) is 1. The number of carbonyl (C=O) groups is 1. The van der Waals surface area contributed by atoms with Crippen LogP contribution in [0.3, 0.4) is 0 Å². The molecular formula is C10H18O2S. The van der Waals surface area contributed by atoms with E-state index in [-0.39, 0.29) is 11.9 Å². The molecule has 0 aromatic heterocycles. The summed E-state index contributed by atoms with van der Waals surface area (Å²) in [7, 11) is 0. The second kappa shape index (κ2) is 5.53. The predicted octanol–water partition coefficient (Wildman–Crippen LogP) is 2.47. The summed E-state index contributed by atoms with van der Waals surface area (Å²) in [5.41, 5.74) is 0. The largest absolute Gasteiger partial charge is 0.466 e. The molecule has 0 saturated heterocycles. The van der Waals surface area contributed by atoms with Gasteiger partial charge in [-0.1, -0.05) is 0 Å². The topological polar surface area (TPSA) is 26.3 Å². The van der Waals surface area contributed by atoms with E-state index in [2.05, 4.69) is 6.26 Å². The van der Waals surface area contributed by atoms with Gasteiger partial charge in [-0.05, 0) is 38.9 Å². The molecule has 0 N–H and O–H groups in total. The molecule has 2 nitrogen and oxygen atoms in total. The van der Waals surface area contributed by atoms with Gasteiger partial charge in [0.2, 0.25) is 0 Å². The molecule has 0 aromatic rings. The zero-order chi connectivity index (χ0) is 9.68. The number of thioether (sulfide) groups is 1. The van der Waals surface area contributed by atoms with Gasteiger partial charge >= 0.3 is 5.97 Å². The quantitative estimate of drug-likeness (QED) is 0.658. The minimum absolute atomic E-state index is 0.0158. The number of carbonyl (C=O) groups excluding carboxylic acids is 1. The third-order valence-corrected chi connectivity index (χ3v) is 3.77. The lowest BCUT2D eigenvalue weighted by molar-refractivity contribution is -0.149. The Balaban J connectivity index is 2.28. The lowest BCUT2D eigenvalue weighted by atomic mass is 9.89. The van der Waals surface area contributed by atoms with Gasteiger partial charge in [0.1, 0.15) is 0 Å². The maximum absolute atomic E-state index is 11.4. The number of rotatable bonds is 3. The molecule has 0 unspecified atom stereocenters. The van der Waals surface area contributed by atoms with Gasteiger partial charge in [-0.3, -0.25) is 4.79 Å². The van der Waals surface area contributed by atoms with E-state index in [0.717, 1.165) is 18.1 Å². The van der Waals surface area contributed by atoms with Gasteiger partial charge in [-0.15, -0.1) is 0 Å². The van der Waals surface area contributed by atoms with Crippen molar-refractivity contribution in [1.29, 1.82) is 0 Å². The van der Waals surface area contributed by atoms with Crippen molar-refractivity contribution in [3.8, 4) is 0 Å². The van der Waals surface area contributed by atoms with Gasteiger partial charge in [0.05, 0.1) is 12.5 Å². The third kappa shape index (κ3) is 3.22. The molecule has 0 radical (unpaired) electrons. The molecule has 0 aliphatic heterocycles. The first-order valence-corrected chi connectivity index (χ1v) is 6.26. The molecule has 13 heavy (non-hydrogen) atoms. The first kappa shape index (κ1) is 10.9. The summed E-state index contributed by atoms with van der Waals surface area (Å²) in [6, 6.07) is 0. The lowest BCUT2D eigenvalue weighted by Crippen LogP contribution is -2.24. The van der Waals surface area contributed by atoms with Crippen LogP contribution in [0.5, 0.6) is 0 Å². The molecule has 0 aromatic carbocycles. The number of hydrogen-bond acceptors (Lipinski definition) is 3. The molecule has 1 fully saturated rings. The Morgan fingerprint density at radius 2 is 2.00 bits per heavy atom. The van der Waals surface area contributed by atoms with Crippen molar-refractivity contribution in [2.45, 2.75) is 37.9 Å². The Kier molecular flexibility index (Phi) is 4.64. The fourth-order valence-corrected chi connectivity index (χ4v) is 2.54. The van der Waals surface area contributed by atoms with Crippen molar-refractivity contribution in [3.05, 3.63) is 0 Å². The average Bonchev–Trinajstić information content (AvgIpc) is 2.18. The van der Waals surface area contributed by atoms with Gasteiger partial charge < -0.3 is 4.74 Å². The zero-order valence-electron chi connectivity index (χ0n) is 8.41. The lowest BCUT2D eigenvalue weighted by Gasteiger charge is -2.25. The van der Waals surface area contributed by atoms with Crippen molar-refractivity contribution in [2.75, 3.05) is 12.9 Å². The molecule has 0 bridgehead atoms. The van der Waals surface area contributed by atoms with Crippen molar-refractivity contribution >= 4 is 17.7 Å². The molecule has 76 valence electrons. The highest BCUT2D eigenvalue weighted by atomic mass is 32.2. The minimum Gasteiger partial charge on any atom is -0.466 e. The third-order valence-electron chi connectivity index (χ3n) is 2.63. The van der Waals surface area contributed by atoms with Crippen LogP contribution in [-0.2, 0) is 9.53 Å². The first-order valence-electron chi connectivity index (χ1n) is 4.97. The van der Waals surface area contributed by atoms with E-state index in [1.54, 1.807) is 0 Å². The molecule has 0 spiro atoms. The number of esters is 1. The average molecular weight is 202 g/mol. The maximum atomic E-state index is 11.4. The van der Waals surface area contributed by atoms with Crippen LogP contribution in [0.25, 0.3) is 0 Å². The Morgan fingerprint density at radius 1 is 1.38 bits per heavy atom. The molecule has 1 aliphatic rings. The summed E-state index contributed by atoms with van der Waals surface area (Å²) < 4.78 is 5.00. The summed E-state index contributed by atoms with van der Waals surface area (Å²) in [5, 5.41) is 0.769. The van der Waals surface area contributed by atoms with E-state index in [0.29, 0.717) is 6.61 Å². The van der Waals surface area contributed by atoms with E-state index in [1.807, 2.05) is 18.7 Å². The minimum atomic E-state index is 0.0158. The first-order chi connectivity index (χ1) is 6.27. The molecule has 0 amide bonds. The van der Waals surface area contributed by atoms with Gasteiger partial charge in [0.25, 0.3) is 0 Å². The molecule has 1 aliphatic carbocycles. The molecule has 3 heteroatoms. The van der Waals surface area contributed by atoms with Gasteiger partial charge in [-0.2, -0.15) is 11.8 Å². The van der Waals surface area contributed by atoms with Crippen LogP contribution in [0.1, 0.15) is 32.6 Å². The van der Waals surface area contributed by atoms with E-state index in [4.69, 9.17) is 4.74 Å². The highest BCUT2D eigenvalue weighted by Crippen LogP contribution is 2.31. The molecule has 0 heterocycles. The SMILES string of the molecule is CCOC(=O)C1CCC(SC)CC1. The normalized spacial score (nSPS) is 28.5. The highest BCUT2D eigenvalue weighted by Gasteiger charge is 2.26. The van der Waals surface area contributed by atoms with E-state index < -0.39 is 0 Å². The molecule has 0 atom stereocenters. The summed E-state index contributed by atoms with van der Waals surface area (Å²) in [6.07, 6.45) is 6.53. The molecule has 1 rings (SSSR count). The van der Waals surface area contributed by atoms with Crippen LogP contribution in [-0.4, -0.2) is 24.1 Å². The summed E-state index contributed by atoms with van der Waals surface area (Å²) >= 11 is 1.92. The second-order valence-electron chi connectivity index (χ2n) is 3.46. The fourth-order valence-electron chi connectivity index (χ4n) is 1.79. The Hall–Kier alpha value is -0.180. The predicted molar refractivity (Wildman–Crippen MR) is 55.9 cm³/mol. The Labute approximate surface area is 84.4 Å². The van der Waals surface area contributed by atoms with Gasteiger partial charge in [0, 0.05) is 5.25 Å². The van der Waals surface area contributed by atoms with E-state index >= 15 is 0 Å². The second-order valence-corrected chi connectivity index (χ2v) is 4.60. The van der Waals surface area contributed by atoms with E-state index in [9.17, 15) is 4.79 Å². The van der Waals surface area contributed by atoms with Crippen molar-refractivity contribution in [1.82, 2.24) is 0 Å². The maximum Gasteiger partial charge on any atom is 0.308 e. The summed E-state index contributed by atoms with van der Waals surface area (Å²) in [6.45, 7) is 2.38. The van der Waals surface area contributed by atoms with Gasteiger partial charge in [-0.25, -0.2) is 0 Å². The molecular weight excluding hydrogens is 184 g/mol. The number of hydrogen-bond donors (Lipinski definition) is 0. The standard InChI is InChI=1S/C10H18O2S/c1-3-12-10(11)8-4-6-9(13-2)7-5-8/h8-9H,3-7H2,1-2H3. The molecule has 1 saturated carbocycles. The van der Waals surface area contributed by atoms with Crippen LogP contribution < -0.4 is 0 Å². The monoisotopic (exact) mass is 202 g/mol. The smallest absolute Gasteiger partial charge is 0.308 e. The van der Waals surface area contributed by atoms with E-state index in [1.165, 1.54) is 12.8 Å². The zero-order valence-corrected chi connectivity index (χ0v) is 9.23. The van der Waals surface area contributed by atoms with Crippen LogP contribution in [0.4, 0.5) is 0 Å². The Bertz CT molecular complexity index is 162. The highest BCUT2D eigenvalue weighted by molar-refractivity contribution is 7.99. The van der Waals surface area contributed by atoms with Gasteiger partial charge in [0.15, 0.2) is 0 Å². The van der Waals surface area contributed by atoms with Crippen LogP contribution in [0.2, 0.25) is 0 Å². The van der Waals surface area contributed by atoms with Crippen molar-refractivity contribution < 1.29 is 9.53 Å². The van der Waals surface area contributed by atoms with Crippen LogP contribution in [0.15, 0.2) is 0 Å². The van der Waals surface area contributed by atoms with Crippen LogP contribution in [0, 0.1) is 5.92 Å². The van der Waals surface area contributed by atoms with Crippen molar-refractivity contribution in [3.63, 3.8) is 0 Å². The summed E-state index contributed by atoms with van der Waals surface area (Å²) in [4.78, 5) is 11.4. The Morgan fingerprint density at radius 3 is 2.46 bits per heavy atom.